The Hall–Kier alpha value is -4.12. The summed E-state index contributed by atoms with van der Waals surface area (Å²) in [5.74, 6) is 0. The van der Waals surface area contributed by atoms with Gasteiger partial charge < -0.3 is 13.7 Å². The summed E-state index contributed by atoms with van der Waals surface area (Å²) in [4.78, 5) is 27.2. The lowest BCUT2D eigenvalue weighted by atomic mass is 9.97. The van der Waals surface area contributed by atoms with E-state index in [0.29, 0.717) is 22.3 Å². The molecule has 0 radical (unpaired) electrons. The van der Waals surface area contributed by atoms with Crippen LogP contribution in [-0.2, 0) is 0 Å². The number of nitrogens with zero attached hydrogens (tertiary/aromatic N) is 1. The van der Waals surface area contributed by atoms with Gasteiger partial charge in [0.25, 0.3) is 0 Å². The standard InChI is InChI=1S/C26H19NO4/c1-27(2)18-12-11-17-13-22(26(29)30-23(17)14-18)20-10-6-9-19-21(15-24(28)31-25(19)20)16-7-4-3-5-8-16/h3-15H,1-2H3. The summed E-state index contributed by atoms with van der Waals surface area (Å²) in [6.07, 6.45) is 0. The Bertz CT molecular complexity index is 1550. The van der Waals surface area contributed by atoms with Crippen molar-refractivity contribution < 1.29 is 8.83 Å². The minimum Gasteiger partial charge on any atom is -0.422 e. The zero-order chi connectivity index (χ0) is 21.5. The first-order chi connectivity index (χ1) is 15.0. The Labute approximate surface area is 177 Å². The Morgan fingerprint density at radius 3 is 2.29 bits per heavy atom. The lowest BCUT2D eigenvalue weighted by Gasteiger charge is -2.13. The predicted molar refractivity (Wildman–Crippen MR) is 124 cm³/mol. The number of benzene rings is 3. The van der Waals surface area contributed by atoms with Gasteiger partial charge in [-0.25, -0.2) is 9.59 Å². The summed E-state index contributed by atoms with van der Waals surface area (Å²) in [5, 5.41) is 1.55. The zero-order valence-corrected chi connectivity index (χ0v) is 17.1. The van der Waals surface area contributed by atoms with Crippen LogP contribution in [0.3, 0.4) is 0 Å². The fraction of sp³-hybridized carbons (Fsp3) is 0.0769. The molecule has 0 spiro atoms. The Morgan fingerprint density at radius 2 is 1.52 bits per heavy atom. The van der Waals surface area contributed by atoms with Gasteiger partial charge in [-0.05, 0) is 29.3 Å². The second-order valence-corrected chi connectivity index (χ2v) is 7.59. The third-order valence-corrected chi connectivity index (χ3v) is 5.38. The van der Waals surface area contributed by atoms with Gasteiger partial charge in [0, 0.05) is 48.3 Å². The van der Waals surface area contributed by atoms with Crippen molar-refractivity contribution in [3.05, 3.63) is 99.7 Å². The molecule has 152 valence electrons. The molecule has 0 aliphatic heterocycles. The maximum Gasteiger partial charge on any atom is 0.344 e. The average Bonchev–Trinajstić information content (AvgIpc) is 2.78. The monoisotopic (exact) mass is 409 g/mol. The molecule has 0 atom stereocenters. The minimum absolute atomic E-state index is 0.351. The normalized spacial score (nSPS) is 11.2. The quantitative estimate of drug-likeness (QED) is 0.379. The van der Waals surface area contributed by atoms with Gasteiger partial charge >= 0.3 is 11.3 Å². The molecule has 0 aliphatic rings. The van der Waals surface area contributed by atoms with Crippen LogP contribution in [0.4, 0.5) is 5.69 Å². The van der Waals surface area contributed by atoms with Crippen molar-refractivity contribution in [2.75, 3.05) is 19.0 Å². The molecular formula is C26H19NO4. The van der Waals surface area contributed by atoms with Crippen molar-refractivity contribution in [1.29, 1.82) is 0 Å². The topological polar surface area (TPSA) is 63.7 Å². The lowest BCUT2D eigenvalue weighted by molar-refractivity contribution is 0.556. The zero-order valence-electron chi connectivity index (χ0n) is 17.1. The van der Waals surface area contributed by atoms with Crippen LogP contribution >= 0.6 is 0 Å². The molecule has 2 heterocycles. The van der Waals surface area contributed by atoms with Crippen molar-refractivity contribution >= 4 is 27.6 Å². The van der Waals surface area contributed by atoms with Gasteiger partial charge in [0.05, 0.1) is 5.56 Å². The predicted octanol–water partition coefficient (Wildman–Crippen LogP) is 5.30. The first-order valence-corrected chi connectivity index (χ1v) is 9.89. The SMILES string of the molecule is CN(C)c1ccc2cc(-c3cccc4c(-c5ccccc5)cc(=O)oc34)c(=O)oc2c1. The number of fused-ring (bicyclic) bond motifs is 2. The fourth-order valence-electron chi connectivity index (χ4n) is 3.82. The molecule has 2 aromatic heterocycles. The van der Waals surface area contributed by atoms with Gasteiger partial charge in [-0.2, -0.15) is 0 Å². The number of para-hydroxylation sites is 1. The smallest absolute Gasteiger partial charge is 0.344 e. The van der Waals surface area contributed by atoms with E-state index in [2.05, 4.69) is 0 Å². The Balaban J connectivity index is 1.78. The third kappa shape index (κ3) is 3.30. The second-order valence-electron chi connectivity index (χ2n) is 7.59. The molecule has 5 rings (SSSR count). The average molecular weight is 409 g/mol. The summed E-state index contributed by atoms with van der Waals surface area (Å²) in [5.41, 5.74) is 3.39. The molecule has 0 amide bonds. The molecular weight excluding hydrogens is 390 g/mol. The van der Waals surface area contributed by atoms with Crippen LogP contribution in [0.15, 0.2) is 97.3 Å². The van der Waals surface area contributed by atoms with Crippen LogP contribution in [0.2, 0.25) is 0 Å². The molecule has 0 saturated heterocycles. The van der Waals surface area contributed by atoms with Gasteiger partial charge in [-0.1, -0.05) is 48.5 Å². The highest BCUT2D eigenvalue weighted by atomic mass is 16.4. The highest BCUT2D eigenvalue weighted by Gasteiger charge is 2.16. The van der Waals surface area contributed by atoms with E-state index in [4.69, 9.17) is 8.83 Å². The van der Waals surface area contributed by atoms with Gasteiger partial charge in [-0.15, -0.1) is 0 Å². The molecule has 0 N–H and O–H groups in total. The van der Waals surface area contributed by atoms with Crippen molar-refractivity contribution in [2.24, 2.45) is 0 Å². The van der Waals surface area contributed by atoms with E-state index >= 15 is 0 Å². The summed E-state index contributed by atoms with van der Waals surface area (Å²) in [6, 6.07) is 24.1. The Morgan fingerprint density at radius 1 is 0.710 bits per heavy atom. The molecule has 5 heteroatoms. The molecule has 31 heavy (non-hydrogen) atoms. The second kappa shape index (κ2) is 7.29. The van der Waals surface area contributed by atoms with Gasteiger partial charge in [0.15, 0.2) is 0 Å². The van der Waals surface area contributed by atoms with E-state index in [1.54, 1.807) is 12.1 Å². The maximum absolute atomic E-state index is 12.9. The van der Waals surface area contributed by atoms with Crippen LogP contribution in [0.25, 0.3) is 44.2 Å². The highest BCUT2D eigenvalue weighted by Crippen LogP contribution is 2.33. The third-order valence-electron chi connectivity index (χ3n) is 5.38. The number of anilines is 1. The number of rotatable bonds is 3. The molecule has 5 nitrogen and oxygen atoms in total. The summed E-state index contributed by atoms with van der Waals surface area (Å²) in [6.45, 7) is 0. The van der Waals surface area contributed by atoms with Crippen LogP contribution < -0.4 is 16.2 Å². The summed E-state index contributed by atoms with van der Waals surface area (Å²) < 4.78 is 11.2. The van der Waals surface area contributed by atoms with Gasteiger partial charge in [0.2, 0.25) is 0 Å². The molecule has 0 bridgehead atoms. The van der Waals surface area contributed by atoms with E-state index in [1.165, 1.54) is 6.07 Å². The van der Waals surface area contributed by atoms with Crippen molar-refractivity contribution in [3.63, 3.8) is 0 Å². The molecule has 0 unspecified atom stereocenters. The lowest BCUT2D eigenvalue weighted by Crippen LogP contribution is -2.09. The molecule has 0 aliphatic carbocycles. The van der Waals surface area contributed by atoms with Crippen molar-refractivity contribution in [2.45, 2.75) is 0 Å². The first kappa shape index (κ1) is 18.9. The van der Waals surface area contributed by atoms with Crippen LogP contribution in [0.1, 0.15) is 0 Å². The number of hydrogen-bond acceptors (Lipinski definition) is 5. The van der Waals surface area contributed by atoms with E-state index in [9.17, 15) is 9.59 Å². The molecule has 0 saturated carbocycles. The van der Waals surface area contributed by atoms with Crippen LogP contribution in [-0.4, -0.2) is 14.1 Å². The summed E-state index contributed by atoms with van der Waals surface area (Å²) >= 11 is 0. The molecule has 0 fully saturated rings. The summed E-state index contributed by atoms with van der Waals surface area (Å²) in [7, 11) is 3.85. The highest BCUT2D eigenvalue weighted by molar-refractivity contribution is 6.01. The van der Waals surface area contributed by atoms with E-state index in [0.717, 1.165) is 27.6 Å². The van der Waals surface area contributed by atoms with E-state index in [-0.39, 0.29) is 0 Å². The minimum atomic E-state index is -0.483. The van der Waals surface area contributed by atoms with E-state index in [1.807, 2.05) is 79.7 Å². The van der Waals surface area contributed by atoms with E-state index < -0.39 is 11.3 Å². The fourth-order valence-corrected chi connectivity index (χ4v) is 3.82. The van der Waals surface area contributed by atoms with Gasteiger partial charge in [0.1, 0.15) is 11.2 Å². The van der Waals surface area contributed by atoms with Crippen molar-refractivity contribution in [1.82, 2.24) is 0 Å². The number of hydrogen-bond donors (Lipinski definition) is 0. The maximum atomic E-state index is 12.9. The Kier molecular flexibility index (Phi) is 4.44. The van der Waals surface area contributed by atoms with Crippen LogP contribution in [0, 0.1) is 0 Å². The molecule has 5 aromatic rings. The van der Waals surface area contributed by atoms with Gasteiger partial charge in [-0.3, -0.25) is 0 Å². The van der Waals surface area contributed by atoms with Crippen molar-refractivity contribution in [3.8, 4) is 22.3 Å². The first-order valence-electron chi connectivity index (χ1n) is 9.89. The van der Waals surface area contributed by atoms with Crippen LogP contribution in [0.5, 0.6) is 0 Å². The largest absolute Gasteiger partial charge is 0.422 e. The molecule has 3 aromatic carbocycles.